The summed E-state index contributed by atoms with van der Waals surface area (Å²) in [6.07, 6.45) is 0.329. The Hall–Kier alpha value is -3.61. The molecule has 7 nitrogen and oxygen atoms in total. The van der Waals surface area contributed by atoms with Crippen molar-refractivity contribution in [2.45, 2.75) is 19.9 Å². The summed E-state index contributed by atoms with van der Waals surface area (Å²) in [6.45, 7) is 2.07. The molecular weight excluding hydrogens is 356 g/mol. The molecule has 3 aromatic rings. The van der Waals surface area contributed by atoms with Gasteiger partial charge in [0.1, 0.15) is 11.6 Å². The largest absolute Gasteiger partial charge is 0.496 e. The first kappa shape index (κ1) is 19.2. The number of anilines is 1. The number of hydrogen-bond acceptors (Lipinski definition) is 4. The predicted molar refractivity (Wildman–Crippen MR) is 107 cm³/mol. The highest BCUT2D eigenvalue weighted by Gasteiger charge is 2.17. The monoisotopic (exact) mass is 378 g/mol. The van der Waals surface area contributed by atoms with E-state index in [1.807, 2.05) is 54.6 Å². The van der Waals surface area contributed by atoms with Crippen LogP contribution in [0.2, 0.25) is 0 Å². The zero-order chi connectivity index (χ0) is 19.9. The fraction of sp³-hybridized carbons (Fsp3) is 0.190. The minimum absolute atomic E-state index is 0.155. The maximum Gasteiger partial charge on any atom is 0.272 e. The lowest BCUT2D eigenvalue weighted by molar-refractivity contribution is -0.115. The molecule has 0 fully saturated rings. The Morgan fingerprint density at radius 1 is 1.07 bits per heavy atom. The SMILES string of the molecule is CCC(=O)Nc1cc(C(=O)NCc2ccccc2OC)nn1-c1ccccc1. The molecule has 0 aliphatic rings. The van der Waals surface area contributed by atoms with Crippen molar-refractivity contribution >= 4 is 17.6 Å². The number of carbonyl (C=O) groups is 2. The summed E-state index contributed by atoms with van der Waals surface area (Å²) in [7, 11) is 1.59. The molecule has 0 aliphatic carbocycles. The number of nitrogens with zero attached hydrogens (tertiary/aromatic N) is 2. The molecule has 0 radical (unpaired) electrons. The Bertz CT molecular complexity index is 967. The lowest BCUT2D eigenvalue weighted by Gasteiger charge is -2.08. The van der Waals surface area contributed by atoms with Gasteiger partial charge in [0.05, 0.1) is 12.8 Å². The first-order valence-corrected chi connectivity index (χ1v) is 8.97. The zero-order valence-electron chi connectivity index (χ0n) is 15.8. The van der Waals surface area contributed by atoms with Gasteiger partial charge in [-0.25, -0.2) is 4.68 Å². The van der Waals surface area contributed by atoms with E-state index >= 15 is 0 Å². The minimum atomic E-state index is -0.340. The summed E-state index contributed by atoms with van der Waals surface area (Å²) in [5, 5.41) is 10.0. The topological polar surface area (TPSA) is 85.2 Å². The van der Waals surface area contributed by atoms with Gasteiger partial charge in [0.15, 0.2) is 5.69 Å². The minimum Gasteiger partial charge on any atom is -0.496 e. The van der Waals surface area contributed by atoms with Gasteiger partial charge in [-0.05, 0) is 18.2 Å². The van der Waals surface area contributed by atoms with Crippen molar-refractivity contribution < 1.29 is 14.3 Å². The fourth-order valence-electron chi connectivity index (χ4n) is 2.69. The Balaban J connectivity index is 1.83. The molecule has 0 saturated heterocycles. The van der Waals surface area contributed by atoms with E-state index in [0.29, 0.717) is 24.5 Å². The maximum absolute atomic E-state index is 12.6. The first-order chi connectivity index (χ1) is 13.6. The van der Waals surface area contributed by atoms with Gasteiger partial charge in [-0.1, -0.05) is 43.3 Å². The number of benzene rings is 2. The molecule has 0 unspecified atom stereocenters. The van der Waals surface area contributed by atoms with Crippen molar-refractivity contribution in [2.75, 3.05) is 12.4 Å². The molecular formula is C21H22N4O3. The van der Waals surface area contributed by atoms with E-state index < -0.39 is 0 Å². The van der Waals surface area contributed by atoms with E-state index in [-0.39, 0.29) is 17.5 Å². The molecule has 0 atom stereocenters. The van der Waals surface area contributed by atoms with E-state index in [1.54, 1.807) is 24.8 Å². The summed E-state index contributed by atoms with van der Waals surface area (Å²) in [6, 6.07) is 18.4. The average Bonchev–Trinajstić information content (AvgIpc) is 3.16. The van der Waals surface area contributed by atoms with Crippen LogP contribution in [0.3, 0.4) is 0 Å². The Morgan fingerprint density at radius 2 is 1.79 bits per heavy atom. The molecule has 0 bridgehead atoms. The van der Waals surface area contributed by atoms with Crippen LogP contribution in [0.25, 0.3) is 5.69 Å². The number of methoxy groups -OCH3 is 1. The van der Waals surface area contributed by atoms with Gasteiger partial charge < -0.3 is 15.4 Å². The van der Waals surface area contributed by atoms with Crippen LogP contribution in [0.1, 0.15) is 29.4 Å². The molecule has 2 aromatic carbocycles. The first-order valence-electron chi connectivity index (χ1n) is 8.97. The van der Waals surface area contributed by atoms with E-state index in [9.17, 15) is 9.59 Å². The third-order valence-electron chi connectivity index (χ3n) is 4.16. The summed E-state index contributed by atoms with van der Waals surface area (Å²) >= 11 is 0. The highest BCUT2D eigenvalue weighted by Crippen LogP contribution is 2.19. The fourth-order valence-corrected chi connectivity index (χ4v) is 2.69. The van der Waals surface area contributed by atoms with E-state index in [4.69, 9.17) is 4.74 Å². The quantitative estimate of drug-likeness (QED) is 0.661. The number of carbonyl (C=O) groups excluding carboxylic acids is 2. The van der Waals surface area contributed by atoms with Gasteiger partial charge >= 0.3 is 0 Å². The van der Waals surface area contributed by atoms with Crippen LogP contribution in [-0.2, 0) is 11.3 Å². The lowest BCUT2D eigenvalue weighted by Crippen LogP contribution is -2.23. The van der Waals surface area contributed by atoms with Gasteiger partial charge in [-0.2, -0.15) is 5.10 Å². The number of para-hydroxylation sites is 2. The molecule has 3 rings (SSSR count). The average molecular weight is 378 g/mol. The summed E-state index contributed by atoms with van der Waals surface area (Å²) in [5.41, 5.74) is 1.82. The van der Waals surface area contributed by atoms with Crippen molar-refractivity contribution in [3.8, 4) is 11.4 Å². The lowest BCUT2D eigenvalue weighted by atomic mass is 10.2. The van der Waals surface area contributed by atoms with Crippen molar-refractivity contribution in [1.29, 1.82) is 0 Å². The molecule has 1 heterocycles. The number of rotatable bonds is 7. The number of ether oxygens (including phenoxy) is 1. The van der Waals surface area contributed by atoms with Crippen molar-refractivity contribution in [3.05, 3.63) is 71.9 Å². The van der Waals surface area contributed by atoms with E-state index in [1.165, 1.54) is 0 Å². The van der Waals surface area contributed by atoms with Crippen LogP contribution >= 0.6 is 0 Å². The highest BCUT2D eigenvalue weighted by molar-refractivity contribution is 5.95. The summed E-state index contributed by atoms with van der Waals surface area (Å²) in [5.74, 6) is 0.652. The number of nitrogens with one attached hydrogen (secondary N) is 2. The molecule has 2 amide bonds. The summed E-state index contributed by atoms with van der Waals surface area (Å²) < 4.78 is 6.85. The second kappa shape index (κ2) is 8.85. The van der Waals surface area contributed by atoms with E-state index in [0.717, 1.165) is 11.3 Å². The van der Waals surface area contributed by atoms with Gasteiger partial charge in [0.2, 0.25) is 5.91 Å². The van der Waals surface area contributed by atoms with Crippen LogP contribution < -0.4 is 15.4 Å². The van der Waals surface area contributed by atoms with Crippen molar-refractivity contribution in [3.63, 3.8) is 0 Å². The highest BCUT2D eigenvalue weighted by atomic mass is 16.5. The maximum atomic E-state index is 12.6. The molecule has 7 heteroatoms. The van der Waals surface area contributed by atoms with Gasteiger partial charge in [-0.15, -0.1) is 0 Å². The molecule has 1 aromatic heterocycles. The Kier molecular flexibility index (Phi) is 6.06. The van der Waals surface area contributed by atoms with Gasteiger partial charge in [-0.3, -0.25) is 9.59 Å². The Morgan fingerprint density at radius 3 is 2.50 bits per heavy atom. The molecule has 0 spiro atoms. The van der Waals surface area contributed by atoms with Crippen molar-refractivity contribution in [1.82, 2.24) is 15.1 Å². The van der Waals surface area contributed by atoms with E-state index in [2.05, 4.69) is 15.7 Å². The Labute approximate surface area is 163 Å². The van der Waals surface area contributed by atoms with Crippen LogP contribution in [-0.4, -0.2) is 28.7 Å². The molecule has 0 saturated carbocycles. The number of amides is 2. The van der Waals surface area contributed by atoms with Crippen LogP contribution in [0, 0.1) is 0 Å². The second-order valence-corrected chi connectivity index (χ2v) is 6.06. The smallest absolute Gasteiger partial charge is 0.272 e. The molecule has 28 heavy (non-hydrogen) atoms. The van der Waals surface area contributed by atoms with Crippen molar-refractivity contribution in [2.24, 2.45) is 0 Å². The molecule has 144 valence electrons. The standard InChI is InChI=1S/C21H22N4O3/c1-3-20(26)23-19-13-17(24-25(19)16-10-5-4-6-11-16)21(27)22-14-15-9-7-8-12-18(15)28-2/h4-13H,3,14H2,1-2H3,(H,22,27)(H,23,26). The third kappa shape index (κ3) is 4.37. The number of hydrogen-bond donors (Lipinski definition) is 2. The molecule has 2 N–H and O–H groups in total. The second-order valence-electron chi connectivity index (χ2n) is 6.06. The number of aromatic nitrogens is 2. The zero-order valence-corrected chi connectivity index (χ0v) is 15.8. The third-order valence-corrected chi connectivity index (χ3v) is 4.16. The normalized spacial score (nSPS) is 10.4. The van der Waals surface area contributed by atoms with Crippen LogP contribution in [0.15, 0.2) is 60.7 Å². The summed E-state index contributed by atoms with van der Waals surface area (Å²) in [4.78, 5) is 24.5. The van der Waals surface area contributed by atoms with Gasteiger partial charge in [0.25, 0.3) is 5.91 Å². The van der Waals surface area contributed by atoms with Crippen LogP contribution in [0.4, 0.5) is 5.82 Å². The van der Waals surface area contributed by atoms with Crippen LogP contribution in [0.5, 0.6) is 5.75 Å². The molecule has 0 aliphatic heterocycles. The van der Waals surface area contributed by atoms with Gasteiger partial charge in [0, 0.05) is 24.6 Å². The predicted octanol–water partition coefficient (Wildman–Crippen LogP) is 3.16.